The number of rotatable bonds is 6. The molecule has 2 nitrogen and oxygen atoms in total. The van der Waals surface area contributed by atoms with Crippen molar-refractivity contribution in [2.24, 2.45) is 0 Å². The molecular formula is C11H26N2Si. The highest BCUT2D eigenvalue weighted by atomic mass is 28.3. The van der Waals surface area contributed by atoms with Crippen molar-refractivity contribution in [2.45, 2.75) is 51.5 Å². The summed E-state index contributed by atoms with van der Waals surface area (Å²) in [4.78, 5) is 2.67. The van der Waals surface area contributed by atoms with Crippen LogP contribution < -0.4 is 5.32 Å². The molecule has 1 saturated heterocycles. The molecule has 3 heteroatoms. The van der Waals surface area contributed by atoms with Crippen LogP contribution in [-0.4, -0.2) is 39.1 Å². The first kappa shape index (κ1) is 12.2. The average Bonchev–Trinajstić information content (AvgIpc) is 2.60. The molecule has 1 unspecified atom stereocenters. The molecule has 1 aliphatic rings. The fraction of sp³-hybridized carbons (Fsp3) is 1.00. The normalized spacial score (nSPS) is 23.6. The van der Waals surface area contributed by atoms with Gasteiger partial charge in [-0.15, -0.1) is 0 Å². The van der Waals surface area contributed by atoms with Gasteiger partial charge in [-0.1, -0.05) is 39.3 Å². The number of unbranched alkanes of at least 4 members (excludes halogenated alkanes) is 3. The minimum absolute atomic E-state index is 0.525. The van der Waals surface area contributed by atoms with Crippen LogP contribution in [0.25, 0.3) is 0 Å². The van der Waals surface area contributed by atoms with E-state index >= 15 is 0 Å². The summed E-state index contributed by atoms with van der Waals surface area (Å²) in [5.41, 5.74) is 0. The number of nitrogens with one attached hydrogen (secondary N) is 1. The van der Waals surface area contributed by atoms with Gasteiger partial charge in [0.25, 0.3) is 0 Å². The zero-order chi connectivity index (χ0) is 10.4. The van der Waals surface area contributed by atoms with Gasteiger partial charge in [-0.05, 0) is 13.0 Å². The Labute approximate surface area is 90.7 Å². The lowest BCUT2D eigenvalue weighted by Gasteiger charge is -2.26. The van der Waals surface area contributed by atoms with Crippen molar-refractivity contribution in [1.82, 2.24) is 10.2 Å². The number of hydrogen-bond acceptors (Lipinski definition) is 2. The molecule has 0 spiro atoms. The summed E-state index contributed by atoms with van der Waals surface area (Å²) in [6, 6.07) is 0. The Morgan fingerprint density at radius 2 is 2.07 bits per heavy atom. The van der Waals surface area contributed by atoms with Gasteiger partial charge in [-0.25, -0.2) is 0 Å². The molecule has 14 heavy (non-hydrogen) atoms. The van der Waals surface area contributed by atoms with Crippen LogP contribution in [0.15, 0.2) is 0 Å². The minimum atomic E-state index is -0.525. The summed E-state index contributed by atoms with van der Waals surface area (Å²) in [6.45, 7) is 11.0. The second-order valence-corrected chi connectivity index (χ2v) is 7.86. The number of hydrogen-bond donors (Lipinski definition) is 1. The van der Waals surface area contributed by atoms with E-state index in [2.05, 4.69) is 30.2 Å². The summed E-state index contributed by atoms with van der Waals surface area (Å²) in [6.07, 6.45) is 5.57. The third kappa shape index (κ3) is 3.71. The van der Waals surface area contributed by atoms with Gasteiger partial charge in [0.05, 0.1) is 8.80 Å². The molecule has 0 aromatic rings. The molecule has 84 valence electrons. The van der Waals surface area contributed by atoms with Crippen molar-refractivity contribution >= 4 is 8.80 Å². The lowest BCUT2D eigenvalue weighted by molar-refractivity contribution is 0.292. The molecule has 0 radical (unpaired) electrons. The Kier molecular flexibility index (Phi) is 5.75. The van der Waals surface area contributed by atoms with E-state index in [4.69, 9.17) is 0 Å². The van der Waals surface area contributed by atoms with Crippen LogP contribution in [0.5, 0.6) is 0 Å². The van der Waals surface area contributed by atoms with E-state index in [-0.39, 0.29) is 0 Å². The van der Waals surface area contributed by atoms with Gasteiger partial charge < -0.3 is 5.32 Å². The van der Waals surface area contributed by atoms with Gasteiger partial charge in [0.1, 0.15) is 0 Å². The Balaban J connectivity index is 2.16. The van der Waals surface area contributed by atoms with Crippen LogP contribution in [0, 0.1) is 0 Å². The Morgan fingerprint density at radius 3 is 2.71 bits per heavy atom. The molecule has 1 fully saturated rings. The maximum absolute atomic E-state index is 3.63. The van der Waals surface area contributed by atoms with Crippen molar-refractivity contribution < 1.29 is 0 Å². The van der Waals surface area contributed by atoms with Crippen LogP contribution >= 0.6 is 0 Å². The average molecular weight is 214 g/mol. The fourth-order valence-corrected chi connectivity index (χ4v) is 4.05. The van der Waals surface area contributed by atoms with E-state index in [1.54, 1.807) is 0 Å². The zero-order valence-corrected chi connectivity index (χ0v) is 11.2. The third-order valence-electron chi connectivity index (χ3n) is 3.08. The summed E-state index contributed by atoms with van der Waals surface area (Å²) < 4.78 is 0. The molecule has 0 aliphatic carbocycles. The van der Waals surface area contributed by atoms with E-state index in [1.165, 1.54) is 45.3 Å². The lowest BCUT2D eigenvalue weighted by Crippen LogP contribution is -2.45. The summed E-state index contributed by atoms with van der Waals surface area (Å²) in [5.74, 6) is 0.775. The molecule has 1 rings (SSSR count). The third-order valence-corrected chi connectivity index (χ3v) is 5.00. The van der Waals surface area contributed by atoms with E-state index in [9.17, 15) is 0 Å². The van der Waals surface area contributed by atoms with Crippen LogP contribution in [0.1, 0.15) is 32.6 Å². The zero-order valence-electron chi connectivity index (χ0n) is 10.1. The van der Waals surface area contributed by atoms with Crippen molar-refractivity contribution in [3.63, 3.8) is 0 Å². The molecule has 1 N–H and O–H groups in total. The maximum atomic E-state index is 3.63. The van der Waals surface area contributed by atoms with Crippen molar-refractivity contribution in [3.05, 3.63) is 0 Å². The minimum Gasteiger partial charge on any atom is -0.304 e. The van der Waals surface area contributed by atoms with Gasteiger partial charge in [0.2, 0.25) is 0 Å². The smallest absolute Gasteiger partial charge is 0.0689 e. The van der Waals surface area contributed by atoms with Crippen LogP contribution in [0.3, 0.4) is 0 Å². The molecule has 0 saturated carbocycles. The van der Waals surface area contributed by atoms with Crippen molar-refractivity contribution in [2.75, 3.05) is 19.6 Å². The van der Waals surface area contributed by atoms with Crippen LogP contribution in [-0.2, 0) is 0 Å². The molecule has 0 bridgehead atoms. The lowest BCUT2D eigenvalue weighted by atomic mass is 10.2. The quantitative estimate of drug-likeness (QED) is 0.536. The van der Waals surface area contributed by atoms with E-state index in [0.717, 1.165) is 5.79 Å². The first-order valence-corrected chi connectivity index (χ1v) is 9.20. The Hall–Kier alpha value is 0.137. The maximum Gasteiger partial charge on any atom is 0.0689 e. The molecule has 1 heterocycles. The standard InChI is InChI=1S/C11H26N2Si/c1-4-5-6-7-9-13-10-8-12-11(13)14(2)3/h11-12,14H,4-10H2,1-3H3. The highest BCUT2D eigenvalue weighted by Gasteiger charge is 2.25. The second-order valence-electron chi connectivity index (χ2n) is 4.74. The molecule has 0 amide bonds. The molecule has 1 aliphatic heterocycles. The first-order valence-electron chi connectivity index (χ1n) is 6.23. The molecular weight excluding hydrogens is 188 g/mol. The van der Waals surface area contributed by atoms with Gasteiger partial charge in [0, 0.05) is 18.9 Å². The molecule has 0 aromatic heterocycles. The van der Waals surface area contributed by atoms with E-state index in [0.29, 0.717) is 0 Å². The van der Waals surface area contributed by atoms with E-state index in [1.807, 2.05) is 0 Å². The molecule has 1 atom stereocenters. The van der Waals surface area contributed by atoms with Crippen LogP contribution in [0.4, 0.5) is 0 Å². The molecule has 0 aromatic carbocycles. The SMILES string of the molecule is CCCCCCN1CCNC1[SiH](C)C. The highest BCUT2D eigenvalue weighted by molar-refractivity contribution is 6.57. The van der Waals surface area contributed by atoms with Gasteiger partial charge >= 0.3 is 0 Å². The summed E-state index contributed by atoms with van der Waals surface area (Å²) in [7, 11) is -0.525. The van der Waals surface area contributed by atoms with Gasteiger partial charge in [-0.3, -0.25) is 4.90 Å². The summed E-state index contributed by atoms with van der Waals surface area (Å²) in [5, 5.41) is 3.63. The summed E-state index contributed by atoms with van der Waals surface area (Å²) >= 11 is 0. The highest BCUT2D eigenvalue weighted by Crippen LogP contribution is 2.09. The largest absolute Gasteiger partial charge is 0.304 e. The van der Waals surface area contributed by atoms with Gasteiger partial charge in [0.15, 0.2) is 0 Å². The predicted octanol–water partition coefficient (Wildman–Crippen LogP) is 1.82. The topological polar surface area (TPSA) is 15.3 Å². The second kappa shape index (κ2) is 6.59. The number of nitrogens with zero attached hydrogens (tertiary/aromatic N) is 1. The monoisotopic (exact) mass is 214 g/mol. The Bertz CT molecular complexity index is 150. The fourth-order valence-electron chi connectivity index (χ4n) is 2.27. The van der Waals surface area contributed by atoms with E-state index < -0.39 is 8.80 Å². The predicted molar refractivity (Wildman–Crippen MR) is 66.4 cm³/mol. The van der Waals surface area contributed by atoms with Crippen molar-refractivity contribution in [1.29, 1.82) is 0 Å². The first-order chi connectivity index (χ1) is 6.75. The van der Waals surface area contributed by atoms with Crippen molar-refractivity contribution in [3.8, 4) is 0 Å². The van der Waals surface area contributed by atoms with Crippen LogP contribution in [0.2, 0.25) is 13.1 Å². The van der Waals surface area contributed by atoms with Gasteiger partial charge in [-0.2, -0.15) is 0 Å². The Morgan fingerprint density at radius 1 is 1.29 bits per heavy atom.